The highest BCUT2D eigenvalue weighted by Gasteiger charge is 2.35. The number of amides is 1. The Kier molecular flexibility index (Phi) is 6.32. The molecular formula is C22H23F3N6O2. The SMILES string of the molecule is CN1CCN(c2ccc(NC(=O)CCn3nnc4ccccc4c3=O)c(C(F)(F)F)c2)CC1. The number of benzene rings is 2. The summed E-state index contributed by atoms with van der Waals surface area (Å²) in [6.07, 6.45) is -4.86. The molecule has 174 valence electrons. The number of aryl methyl sites for hydroxylation is 1. The fourth-order valence-corrected chi connectivity index (χ4v) is 3.73. The van der Waals surface area contributed by atoms with Crippen molar-refractivity contribution in [3.8, 4) is 0 Å². The molecule has 4 rings (SSSR count). The van der Waals surface area contributed by atoms with Gasteiger partial charge in [-0.3, -0.25) is 9.59 Å². The van der Waals surface area contributed by atoms with E-state index >= 15 is 0 Å². The molecule has 0 atom stereocenters. The zero-order valence-electron chi connectivity index (χ0n) is 18.0. The third kappa shape index (κ3) is 5.14. The van der Waals surface area contributed by atoms with Gasteiger partial charge in [-0.25, -0.2) is 4.68 Å². The number of likely N-dealkylation sites (N-methyl/N-ethyl adjacent to an activating group) is 1. The van der Waals surface area contributed by atoms with Gasteiger partial charge in [-0.05, 0) is 37.4 Å². The molecule has 11 heteroatoms. The van der Waals surface area contributed by atoms with E-state index in [1.165, 1.54) is 6.07 Å². The van der Waals surface area contributed by atoms with Crippen molar-refractivity contribution < 1.29 is 18.0 Å². The lowest BCUT2D eigenvalue weighted by atomic mass is 10.1. The number of carbonyl (C=O) groups excluding carboxylic acids is 1. The van der Waals surface area contributed by atoms with Gasteiger partial charge < -0.3 is 15.1 Å². The van der Waals surface area contributed by atoms with Crippen LogP contribution in [0.4, 0.5) is 24.5 Å². The molecule has 1 amide bonds. The average molecular weight is 460 g/mol. The lowest BCUT2D eigenvalue weighted by Gasteiger charge is -2.34. The van der Waals surface area contributed by atoms with E-state index in [1.54, 1.807) is 30.3 Å². The largest absolute Gasteiger partial charge is 0.418 e. The molecule has 0 saturated carbocycles. The molecule has 0 spiro atoms. The number of rotatable bonds is 5. The van der Waals surface area contributed by atoms with Gasteiger partial charge in [0.05, 0.1) is 23.2 Å². The molecule has 1 aliphatic heterocycles. The maximum absolute atomic E-state index is 13.7. The van der Waals surface area contributed by atoms with Crippen LogP contribution in [0, 0.1) is 0 Å². The first-order chi connectivity index (χ1) is 15.7. The molecule has 0 radical (unpaired) electrons. The van der Waals surface area contributed by atoms with E-state index < -0.39 is 23.2 Å². The van der Waals surface area contributed by atoms with E-state index in [2.05, 4.69) is 20.5 Å². The number of carbonyl (C=O) groups is 1. The Morgan fingerprint density at radius 3 is 2.55 bits per heavy atom. The van der Waals surface area contributed by atoms with Crippen LogP contribution in [0.1, 0.15) is 12.0 Å². The van der Waals surface area contributed by atoms with Crippen molar-refractivity contribution in [3.63, 3.8) is 0 Å². The fraction of sp³-hybridized carbons (Fsp3) is 0.364. The summed E-state index contributed by atoms with van der Waals surface area (Å²) in [5.41, 5.74) is -0.747. The van der Waals surface area contributed by atoms with Crippen LogP contribution in [0.3, 0.4) is 0 Å². The normalized spacial score (nSPS) is 15.1. The number of nitrogens with one attached hydrogen (secondary N) is 1. The topological polar surface area (TPSA) is 83.4 Å². The Morgan fingerprint density at radius 1 is 1.09 bits per heavy atom. The minimum Gasteiger partial charge on any atom is -0.369 e. The first-order valence-corrected chi connectivity index (χ1v) is 10.5. The van der Waals surface area contributed by atoms with E-state index in [1.807, 2.05) is 11.9 Å². The lowest BCUT2D eigenvalue weighted by Crippen LogP contribution is -2.44. The van der Waals surface area contributed by atoms with Crippen LogP contribution in [0.15, 0.2) is 47.3 Å². The molecule has 1 N–H and O–H groups in total. The van der Waals surface area contributed by atoms with Gasteiger partial charge in [0.1, 0.15) is 5.52 Å². The summed E-state index contributed by atoms with van der Waals surface area (Å²) < 4.78 is 42.2. The first-order valence-electron chi connectivity index (χ1n) is 10.5. The summed E-state index contributed by atoms with van der Waals surface area (Å²) in [6, 6.07) is 10.6. The molecule has 1 saturated heterocycles. The van der Waals surface area contributed by atoms with Crippen molar-refractivity contribution >= 4 is 28.2 Å². The zero-order valence-corrected chi connectivity index (χ0v) is 18.0. The number of alkyl halides is 3. The van der Waals surface area contributed by atoms with E-state index in [0.717, 1.165) is 23.8 Å². The fourth-order valence-electron chi connectivity index (χ4n) is 3.73. The van der Waals surface area contributed by atoms with Crippen LogP contribution in [-0.4, -0.2) is 59.0 Å². The van der Waals surface area contributed by atoms with Gasteiger partial charge in [0, 0.05) is 38.3 Å². The minimum atomic E-state index is -4.63. The van der Waals surface area contributed by atoms with Gasteiger partial charge in [0.15, 0.2) is 0 Å². The second-order valence-corrected chi connectivity index (χ2v) is 7.95. The Hall–Kier alpha value is -3.47. The van der Waals surface area contributed by atoms with E-state index in [0.29, 0.717) is 29.7 Å². The molecule has 2 aromatic carbocycles. The highest BCUT2D eigenvalue weighted by atomic mass is 19.4. The number of halogens is 3. The number of anilines is 2. The second kappa shape index (κ2) is 9.18. The number of nitrogens with zero attached hydrogens (tertiary/aromatic N) is 5. The standard InChI is InChI=1S/C22H23F3N6O2/c1-29-10-12-30(13-11-29)15-6-7-19(17(14-15)22(23,24)25)26-20(32)8-9-31-21(33)16-4-2-3-5-18(16)27-28-31/h2-7,14H,8-13H2,1H3,(H,26,32). The molecule has 2 heterocycles. The molecule has 0 aliphatic carbocycles. The molecular weight excluding hydrogens is 437 g/mol. The van der Waals surface area contributed by atoms with Gasteiger partial charge in [-0.2, -0.15) is 13.2 Å². The van der Waals surface area contributed by atoms with Crippen molar-refractivity contribution in [3.05, 3.63) is 58.4 Å². The smallest absolute Gasteiger partial charge is 0.369 e. The van der Waals surface area contributed by atoms with E-state index in [9.17, 15) is 22.8 Å². The summed E-state index contributed by atoms with van der Waals surface area (Å²) in [6.45, 7) is 2.67. The second-order valence-electron chi connectivity index (χ2n) is 7.95. The molecule has 1 aliphatic rings. The number of piperazine rings is 1. The van der Waals surface area contributed by atoms with Crippen LogP contribution < -0.4 is 15.8 Å². The van der Waals surface area contributed by atoms with Gasteiger partial charge in [-0.1, -0.05) is 17.3 Å². The Labute approximate surface area is 187 Å². The molecule has 8 nitrogen and oxygen atoms in total. The molecule has 33 heavy (non-hydrogen) atoms. The first kappa shape index (κ1) is 22.7. The summed E-state index contributed by atoms with van der Waals surface area (Å²) in [4.78, 5) is 28.9. The highest BCUT2D eigenvalue weighted by molar-refractivity contribution is 5.92. The summed E-state index contributed by atoms with van der Waals surface area (Å²) in [5, 5.41) is 10.4. The Bertz CT molecular complexity index is 1220. The predicted octanol–water partition coefficient (Wildman–Crippen LogP) is 2.59. The van der Waals surface area contributed by atoms with Crippen molar-refractivity contribution in [2.24, 2.45) is 0 Å². The number of hydrogen-bond acceptors (Lipinski definition) is 6. The van der Waals surface area contributed by atoms with Gasteiger partial charge in [-0.15, -0.1) is 5.10 Å². The molecule has 0 unspecified atom stereocenters. The molecule has 1 aromatic heterocycles. The van der Waals surface area contributed by atoms with E-state index in [-0.39, 0.29) is 18.7 Å². The quantitative estimate of drug-likeness (QED) is 0.630. The summed E-state index contributed by atoms with van der Waals surface area (Å²) >= 11 is 0. The van der Waals surface area contributed by atoms with Crippen molar-refractivity contribution in [2.45, 2.75) is 19.1 Å². The van der Waals surface area contributed by atoms with E-state index in [4.69, 9.17) is 0 Å². The number of fused-ring (bicyclic) bond motifs is 1. The molecule has 3 aromatic rings. The van der Waals surface area contributed by atoms with Gasteiger partial charge in [0.2, 0.25) is 5.91 Å². The monoisotopic (exact) mass is 460 g/mol. The third-order valence-corrected chi connectivity index (χ3v) is 5.63. The van der Waals surface area contributed by atoms with Crippen LogP contribution >= 0.6 is 0 Å². The van der Waals surface area contributed by atoms with Crippen LogP contribution in [-0.2, 0) is 17.5 Å². The minimum absolute atomic E-state index is 0.108. The van der Waals surface area contributed by atoms with Crippen molar-refractivity contribution in [2.75, 3.05) is 43.4 Å². The maximum atomic E-state index is 13.7. The van der Waals surface area contributed by atoms with Crippen LogP contribution in [0.5, 0.6) is 0 Å². The van der Waals surface area contributed by atoms with Crippen molar-refractivity contribution in [1.82, 2.24) is 19.9 Å². The Balaban J connectivity index is 1.48. The highest BCUT2D eigenvalue weighted by Crippen LogP contribution is 2.37. The molecule has 0 bridgehead atoms. The maximum Gasteiger partial charge on any atom is 0.418 e. The van der Waals surface area contributed by atoms with Crippen LogP contribution in [0.25, 0.3) is 10.9 Å². The van der Waals surface area contributed by atoms with Crippen molar-refractivity contribution in [1.29, 1.82) is 0 Å². The number of hydrogen-bond donors (Lipinski definition) is 1. The third-order valence-electron chi connectivity index (χ3n) is 5.63. The van der Waals surface area contributed by atoms with Gasteiger partial charge in [0.25, 0.3) is 5.56 Å². The lowest BCUT2D eigenvalue weighted by molar-refractivity contribution is -0.136. The molecule has 1 fully saturated rings. The summed E-state index contributed by atoms with van der Waals surface area (Å²) in [7, 11) is 1.97. The Morgan fingerprint density at radius 2 is 1.82 bits per heavy atom. The van der Waals surface area contributed by atoms with Crippen LogP contribution in [0.2, 0.25) is 0 Å². The number of aromatic nitrogens is 3. The average Bonchev–Trinajstić information content (AvgIpc) is 2.79. The van der Waals surface area contributed by atoms with Gasteiger partial charge >= 0.3 is 6.18 Å². The summed E-state index contributed by atoms with van der Waals surface area (Å²) in [5.74, 6) is -0.658. The predicted molar refractivity (Wildman–Crippen MR) is 118 cm³/mol. The zero-order chi connectivity index (χ0) is 23.6.